The molecular formula is C31H49NO10. The highest BCUT2D eigenvalue weighted by atomic mass is 16.7. The molecule has 0 aromatic heterocycles. The van der Waals surface area contributed by atoms with Crippen LogP contribution in [0, 0.1) is 5.92 Å². The maximum atomic E-state index is 12.8. The van der Waals surface area contributed by atoms with Crippen LogP contribution in [-0.4, -0.2) is 55.2 Å². The Morgan fingerprint density at radius 2 is 1.36 bits per heavy atom. The number of rotatable bonds is 17. The zero-order chi connectivity index (χ0) is 31.9. The first kappa shape index (κ1) is 36.7. The van der Waals surface area contributed by atoms with Crippen molar-refractivity contribution in [2.24, 2.45) is 11.7 Å². The first-order valence-corrected chi connectivity index (χ1v) is 14.7. The predicted octanol–water partition coefficient (Wildman–Crippen LogP) is 6.27. The van der Waals surface area contributed by atoms with E-state index in [4.69, 9.17) is 34.2 Å². The Morgan fingerprint density at radius 1 is 0.810 bits per heavy atom. The summed E-state index contributed by atoms with van der Waals surface area (Å²) in [5.74, 6) is -1.13. The van der Waals surface area contributed by atoms with E-state index in [9.17, 15) is 19.2 Å². The normalized spacial score (nSPS) is 15.3. The summed E-state index contributed by atoms with van der Waals surface area (Å²) >= 11 is 0. The molecule has 0 saturated heterocycles. The Labute approximate surface area is 249 Å². The van der Waals surface area contributed by atoms with Crippen LogP contribution in [-0.2, 0) is 35.0 Å². The van der Waals surface area contributed by atoms with E-state index < -0.39 is 36.0 Å². The SMILES string of the molecule is CCCC(C)OC(=O)Oc1cc(C[C@](N)(CC(C)OC(=O)CC(C)CC)C(=O)OC)ccc1OC(=O)O[C@@H](C)CCC. The predicted molar refractivity (Wildman–Crippen MR) is 156 cm³/mol. The van der Waals surface area contributed by atoms with Gasteiger partial charge in [-0.1, -0.05) is 53.0 Å². The molecule has 0 fully saturated rings. The smallest absolute Gasteiger partial charge is 0.468 e. The summed E-state index contributed by atoms with van der Waals surface area (Å²) in [7, 11) is 1.22. The number of benzene rings is 1. The van der Waals surface area contributed by atoms with Crippen LogP contribution in [0.1, 0.15) is 99.0 Å². The number of nitrogens with two attached hydrogens (primary N) is 1. The molecule has 0 aliphatic carbocycles. The van der Waals surface area contributed by atoms with Crippen LogP contribution >= 0.6 is 0 Å². The Balaban J connectivity index is 3.25. The van der Waals surface area contributed by atoms with Gasteiger partial charge in [-0.2, -0.15) is 0 Å². The molecule has 0 heterocycles. The van der Waals surface area contributed by atoms with Gasteiger partial charge in [0.2, 0.25) is 0 Å². The molecule has 3 unspecified atom stereocenters. The molecular weight excluding hydrogens is 546 g/mol. The number of methoxy groups -OCH3 is 1. The lowest BCUT2D eigenvalue weighted by Gasteiger charge is -2.29. The lowest BCUT2D eigenvalue weighted by Crippen LogP contribution is -2.53. The summed E-state index contributed by atoms with van der Waals surface area (Å²) < 4.78 is 31.8. The third kappa shape index (κ3) is 13.1. The lowest BCUT2D eigenvalue weighted by atomic mass is 9.86. The molecule has 0 amide bonds. The number of esters is 2. The standard InChI is InChI=1S/C31H49NO10/c1-9-12-21(5)39-29(35)41-25-15-14-24(17-26(25)42-30(36)40-22(6)13-10-2)19-31(32,28(34)37-8)18-23(7)38-27(33)16-20(4)11-3/h14-15,17,20-23H,9-13,16,18-19,32H2,1-8H3/t20?,21-,22?,23?,31+/m0/s1. The lowest BCUT2D eigenvalue weighted by molar-refractivity contribution is -0.155. The Bertz CT molecular complexity index is 1030. The molecule has 1 aromatic carbocycles. The summed E-state index contributed by atoms with van der Waals surface area (Å²) in [5.41, 5.74) is 5.41. The maximum Gasteiger partial charge on any atom is 0.514 e. The van der Waals surface area contributed by atoms with Gasteiger partial charge in [-0.05, 0) is 57.2 Å². The van der Waals surface area contributed by atoms with Crippen molar-refractivity contribution >= 4 is 24.2 Å². The molecule has 0 radical (unpaired) electrons. The van der Waals surface area contributed by atoms with E-state index in [1.165, 1.54) is 19.2 Å². The average molecular weight is 596 g/mol. The zero-order valence-electron chi connectivity index (χ0n) is 26.4. The summed E-state index contributed by atoms with van der Waals surface area (Å²) in [6.07, 6.45) is 0.499. The van der Waals surface area contributed by atoms with Gasteiger partial charge in [0.05, 0.1) is 7.11 Å². The molecule has 238 valence electrons. The van der Waals surface area contributed by atoms with Crippen LogP contribution in [0.15, 0.2) is 18.2 Å². The van der Waals surface area contributed by atoms with Crippen LogP contribution in [0.5, 0.6) is 11.5 Å². The number of ether oxygens (including phenoxy) is 6. The van der Waals surface area contributed by atoms with Crippen LogP contribution in [0.3, 0.4) is 0 Å². The third-order valence-corrected chi connectivity index (χ3v) is 6.69. The van der Waals surface area contributed by atoms with E-state index in [0.29, 0.717) is 18.4 Å². The van der Waals surface area contributed by atoms with Crippen molar-refractivity contribution in [3.05, 3.63) is 23.8 Å². The van der Waals surface area contributed by atoms with Gasteiger partial charge in [0.25, 0.3) is 0 Å². The van der Waals surface area contributed by atoms with E-state index >= 15 is 0 Å². The van der Waals surface area contributed by atoms with Crippen LogP contribution in [0.25, 0.3) is 0 Å². The summed E-state index contributed by atoms with van der Waals surface area (Å²) in [5, 5.41) is 0. The molecule has 1 aromatic rings. The molecule has 5 atom stereocenters. The molecule has 0 bridgehead atoms. The minimum Gasteiger partial charge on any atom is -0.468 e. The summed E-state index contributed by atoms with van der Waals surface area (Å²) in [6.45, 7) is 13.0. The van der Waals surface area contributed by atoms with Crippen LogP contribution < -0.4 is 15.2 Å². The molecule has 42 heavy (non-hydrogen) atoms. The van der Waals surface area contributed by atoms with E-state index in [-0.39, 0.29) is 48.8 Å². The van der Waals surface area contributed by atoms with Gasteiger partial charge in [0, 0.05) is 19.3 Å². The average Bonchev–Trinajstić information content (AvgIpc) is 2.89. The molecule has 11 nitrogen and oxygen atoms in total. The number of hydrogen-bond acceptors (Lipinski definition) is 11. The van der Waals surface area contributed by atoms with Crippen molar-refractivity contribution in [1.29, 1.82) is 0 Å². The zero-order valence-corrected chi connectivity index (χ0v) is 26.4. The van der Waals surface area contributed by atoms with Crippen molar-refractivity contribution in [2.75, 3.05) is 7.11 Å². The highest BCUT2D eigenvalue weighted by Crippen LogP contribution is 2.32. The van der Waals surface area contributed by atoms with E-state index in [2.05, 4.69) is 0 Å². The van der Waals surface area contributed by atoms with E-state index in [1.54, 1.807) is 26.8 Å². The molecule has 0 saturated carbocycles. The maximum absolute atomic E-state index is 12.8. The van der Waals surface area contributed by atoms with Gasteiger partial charge >= 0.3 is 24.2 Å². The fraction of sp³-hybridized carbons (Fsp3) is 0.677. The Hall–Kier alpha value is -3.34. The van der Waals surface area contributed by atoms with Gasteiger partial charge in [0.15, 0.2) is 11.5 Å². The Kier molecular flexibility index (Phi) is 15.9. The van der Waals surface area contributed by atoms with Crippen molar-refractivity contribution in [3.63, 3.8) is 0 Å². The fourth-order valence-electron chi connectivity index (χ4n) is 4.36. The van der Waals surface area contributed by atoms with Gasteiger partial charge in [-0.3, -0.25) is 9.59 Å². The minimum absolute atomic E-state index is 0.0292. The van der Waals surface area contributed by atoms with Gasteiger partial charge < -0.3 is 34.2 Å². The quantitative estimate of drug-likeness (QED) is 0.123. The monoisotopic (exact) mass is 595 g/mol. The second kappa shape index (κ2) is 18.3. The second-order valence-corrected chi connectivity index (χ2v) is 11.0. The summed E-state index contributed by atoms with van der Waals surface area (Å²) in [4.78, 5) is 50.1. The largest absolute Gasteiger partial charge is 0.514 e. The molecule has 0 spiro atoms. The fourth-order valence-corrected chi connectivity index (χ4v) is 4.36. The molecule has 2 N–H and O–H groups in total. The van der Waals surface area contributed by atoms with Gasteiger partial charge in [0.1, 0.15) is 23.9 Å². The van der Waals surface area contributed by atoms with Crippen molar-refractivity contribution in [1.82, 2.24) is 0 Å². The van der Waals surface area contributed by atoms with Crippen molar-refractivity contribution in [2.45, 2.75) is 124 Å². The van der Waals surface area contributed by atoms with Crippen molar-refractivity contribution < 1.29 is 47.6 Å². The van der Waals surface area contributed by atoms with Gasteiger partial charge in [-0.15, -0.1) is 0 Å². The number of hydrogen-bond donors (Lipinski definition) is 1. The van der Waals surface area contributed by atoms with Crippen LogP contribution in [0.2, 0.25) is 0 Å². The molecule has 1 rings (SSSR count). The minimum atomic E-state index is -1.59. The second-order valence-electron chi connectivity index (χ2n) is 11.0. The first-order valence-electron chi connectivity index (χ1n) is 14.7. The Morgan fingerprint density at radius 3 is 1.86 bits per heavy atom. The third-order valence-electron chi connectivity index (χ3n) is 6.69. The van der Waals surface area contributed by atoms with E-state index in [0.717, 1.165) is 19.3 Å². The van der Waals surface area contributed by atoms with E-state index in [1.807, 2.05) is 27.7 Å². The number of carbonyl (C=O) groups excluding carboxylic acids is 4. The molecule has 0 aliphatic heterocycles. The molecule has 11 heteroatoms. The summed E-state index contributed by atoms with van der Waals surface area (Å²) in [6, 6.07) is 4.40. The van der Waals surface area contributed by atoms with Crippen molar-refractivity contribution in [3.8, 4) is 11.5 Å². The first-order chi connectivity index (χ1) is 19.8. The van der Waals surface area contributed by atoms with Gasteiger partial charge in [-0.25, -0.2) is 9.59 Å². The molecule has 0 aliphatic rings. The highest BCUT2D eigenvalue weighted by molar-refractivity contribution is 5.81. The number of carbonyl (C=O) groups is 4. The topological polar surface area (TPSA) is 150 Å². The highest BCUT2D eigenvalue weighted by Gasteiger charge is 2.38. The van der Waals surface area contributed by atoms with Crippen LogP contribution in [0.4, 0.5) is 9.59 Å².